The normalized spacial score (nSPS) is 14.6. The Morgan fingerprint density at radius 2 is 0.713 bits per heavy atom. The number of anilines is 5. The van der Waals surface area contributed by atoms with E-state index in [4.69, 9.17) is 17.2 Å². The second-order valence-electron chi connectivity index (χ2n) is 26.2. The molecule has 0 bridgehead atoms. The summed E-state index contributed by atoms with van der Waals surface area (Å²) in [4.78, 5) is 63.0. The topological polar surface area (TPSA) is 361 Å². The summed E-state index contributed by atoms with van der Waals surface area (Å²) in [5.74, 6) is 6.10. The molecule has 3 saturated heterocycles. The van der Waals surface area contributed by atoms with Gasteiger partial charge in [-0.1, -0.05) is 97.4 Å². The number of aromatic nitrogens is 15. The van der Waals surface area contributed by atoms with Gasteiger partial charge in [-0.3, -0.25) is 0 Å². The number of para-hydroxylation sites is 5. The SMILES string of the molecule is NCC1CCN(c2ncnc3[nH]c4ccccc4c23)CC1.NCCCCCNc1ncnc2[nH]c3ccccc3c12.NCCCCNc1ncnc2[nH]c3ccccc3c12.c1ccc2c(c1)[nH]c1ncnc(NC3CCNCC3)c12.c1ccc2c(c1)[nH]c1ncnc(NCC3CCNCC3)c12. The summed E-state index contributed by atoms with van der Waals surface area (Å²) >= 11 is 0. The van der Waals surface area contributed by atoms with Gasteiger partial charge in [0, 0.05) is 93.3 Å². The zero-order valence-corrected chi connectivity index (χ0v) is 57.1. The molecule has 10 aromatic heterocycles. The molecule has 3 aliphatic heterocycles. The second kappa shape index (κ2) is 33.0. The van der Waals surface area contributed by atoms with Crippen molar-refractivity contribution in [3.8, 4) is 0 Å². The average Bonchev–Trinajstić information content (AvgIpc) is 1.67. The molecule has 0 radical (unpaired) electrons. The standard InChI is InChI=1S/2C16H19N5.C15H17N5.C15H19N5.C14H17N5/c17-9-11-5-7-21(8-6-11)16-14-12-3-1-2-4-13(12)20-15(14)18-10-19-16;1-2-4-13-12(3-1)14-15(19-10-20-16(14)21-13)18-9-11-5-7-17-8-6-11;1-2-4-12-11(3-1)13-14(17-9-18-15(13)20-12)19-10-5-7-16-8-6-10;16-8-4-1-5-9-17-14-13-11-6-2-3-7-12(11)20-15(13)19-10-18-14;15-7-3-4-8-16-13-12-10-5-1-2-6-11(10)19-14(12)18-9-17-13/h1-4,10-11H,5-9,17H2,(H,18,19,20);1-4,10-11,17H,5-9H2,(H2,18,19,20,21);1-4,9-10,16H,5-8H2,(H2,17,18,19,20);2-3,6-7,10H,1,4-5,8-9,16H2,(H2,17,18,19,20);1-2,5-6,9H,3-4,7-8,15H2,(H2,16,17,18,19). The van der Waals surface area contributed by atoms with Crippen LogP contribution in [-0.4, -0.2) is 159 Å². The van der Waals surface area contributed by atoms with Crippen molar-refractivity contribution in [2.24, 2.45) is 29.0 Å². The molecule has 0 aliphatic carbocycles. The van der Waals surface area contributed by atoms with Crippen molar-refractivity contribution < 1.29 is 0 Å². The van der Waals surface area contributed by atoms with Crippen LogP contribution in [0.5, 0.6) is 0 Å². The number of hydrogen-bond donors (Lipinski definition) is 14. The van der Waals surface area contributed by atoms with Crippen LogP contribution in [0.2, 0.25) is 0 Å². The average molecular weight is 1350 g/mol. The Morgan fingerprint density at radius 3 is 1.15 bits per heavy atom. The lowest BCUT2D eigenvalue weighted by molar-refractivity contribution is 0.389. The van der Waals surface area contributed by atoms with Crippen molar-refractivity contribution in [2.45, 2.75) is 76.7 Å². The summed E-state index contributed by atoms with van der Waals surface area (Å²) in [6.07, 6.45) is 20.5. The first kappa shape index (κ1) is 67.5. The summed E-state index contributed by atoms with van der Waals surface area (Å²) in [5, 5.41) is 32.0. The predicted molar refractivity (Wildman–Crippen MR) is 413 cm³/mol. The Labute approximate surface area is 584 Å². The lowest BCUT2D eigenvalue weighted by Gasteiger charge is -2.32. The molecule has 101 heavy (non-hydrogen) atoms. The number of aromatic amines is 5. The Hall–Kier alpha value is -10.7. The third kappa shape index (κ3) is 15.7. The maximum Gasteiger partial charge on any atom is 0.143 e. The zero-order valence-electron chi connectivity index (χ0n) is 57.1. The number of H-pyrrole nitrogens is 5. The summed E-state index contributed by atoms with van der Waals surface area (Å²) in [5.41, 5.74) is 26.8. The summed E-state index contributed by atoms with van der Waals surface area (Å²) in [6, 6.07) is 41.8. The lowest BCUT2D eigenvalue weighted by atomic mass is 9.97. The molecule has 0 saturated carbocycles. The molecule has 15 aromatic rings. The molecule has 18 rings (SSSR count). The van der Waals surface area contributed by atoms with E-state index in [1.54, 1.807) is 31.6 Å². The monoisotopic (exact) mass is 1350 g/mol. The van der Waals surface area contributed by atoms with E-state index in [0.717, 1.165) is 265 Å². The van der Waals surface area contributed by atoms with E-state index in [-0.39, 0.29) is 0 Å². The van der Waals surface area contributed by atoms with Gasteiger partial charge in [0.2, 0.25) is 0 Å². The van der Waals surface area contributed by atoms with Gasteiger partial charge in [0.1, 0.15) is 89.0 Å². The number of nitrogens with zero attached hydrogens (tertiary/aromatic N) is 11. The van der Waals surface area contributed by atoms with Crippen LogP contribution < -0.4 is 54.0 Å². The molecule has 3 aliphatic rings. The van der Waals surface area contributed by atoms with Gasteiger partial charge in [-0.2, -0.15) is 0 Å². The van der Waals surface area contributed by atoms with Crippen molar-refractivity contribution >= 4 is 139 Å². The minimum Gasteiger partial charge on any atom is -0.369 e. The van der Waals surface area contributed by atoms with Crippen molar-refractivity contribution in [1.82, 2.24) is 85.4 Å². The van der Waals surface area contributed by atoms with Gasteiger partial charge in [0.25, 0.3) is 0 Å². The molecule has 520 valence electrons. The zero-order chi connectivity index (χ0) is 68.5. The minimum absolute atomic E-state index is 0.489. The fraction of sp³-hybridized carbons (Fsp3) is 0.342. The van der Waals surface area contributed by atoms with Gasteiger partial charge in [-0.05, 0) is 152 Å². The van der Waals surface area contributed by atoms with Crippen molar-refractivity contribution in [2.75, 3.05) is 105 Å². The number of nitrogens with two attached hydrogens (primary N) is 3. The van der Waals surface area contributed by atoms with Gasteiger partial charge in [-0.25, -0.2) is 49.8 Å². The van der Waals surface area contributed by atoms with Crippen LogP contribution in [-0.2, 0) is 0 Å². The van der Waals surface area contributed by atoms with Gasteiger partial charge in [-0.15, -0.1) is 0 Å². The van der Waals surface area contributed by atoms with E-state index in [1.165, 1.54) is 29.0 Å². The van der Waals surface area contributed by atoms with Crippen LogP contribution in [0.25, 0.3) is 110 Å². The largest absolute Gasteiger partial charge is 0.369 e. The first-order chi connectivity index (χ1) is 50.0. The highest BCUT2D eigenvalue weighted by Gasteiger charge is 2.24. The summed E-state index contributed by atoms with van der Waals surface area (Å²) < 4.78 is 0. The summed E-state index contributed by atoms with van der Waals surface area (Å²) in [6.45, 7) is 11.5. The van der Waals surface area contributed by atoms with Crippen LogP contribution in [0.4, 0.5) is 29.1 Å². The van der Waals surface area contributed by atoms with Crippen LogP contribution in [0.3, 0.4) is 0 Å². The smallest absolute Gasteiger partial charge is 0.143 e. The predicted octanol–water partition coefficient (Wildman–Crippen LogP) is 12.0. The third-order valence-electron chi connectivity index (χ3n) is 19.5. The van der Waals surface area contributed by atoms with Crippen molar-refractivity contribution in [3.05, 3.63) is 153 Å². The van der Waals surface area contributed by atoms with Crippen LogP contribution in [0, 0.1) is 11.8 Å². The summed E-state index contributed by atoms with van der Waals surface area (Å²) in [7, 11) is 0. The number of nitrogens with one attached hydrogen (secondary N) is 11. The minimum atomic E-state index is 0.489. The molecule has 3 fully saturated rings. The van der Waals surface area contributed by atoms with Crippen LogP contribution in [0.1, 0.15) is 70.6 Å². The van der Waals surface area contributed by atoms with Crippen LogP contribution >= 0.6 is 0 Å². The molecule has 5 aromatic carbocycles. The van der Waals surface area contributed by atoms with E-state index in [0.29, 0.717) is 12.0 Å². The number of unbranched alkanes of at least 4 members (excludes halogenated alkanes) is 3. The highest BCUT2D eigenvalue weighted by Crippen LogP contribution is 2.35. The fourth-order valence-corrected chi connectivity index (χ4v) is 14.1. The van der Waals surface area contributed by atoms with E-state index in [9.17, 15) is 0 Å². The van der Waals surface area contributed by atoms with Gasteiger partial charge in [0.05, 0.1) is 26.9 Å². The quantitative estimate of drug-likeness (QED) is 0.0355. The molecule has 13 heterocycles. The molecular formula is C76H91N25. The highest BCUT2D eigenvalue weighted by atomic mass is 15.2. The van der Waals surface area contributed by atoms with E-state index in [2.05, 4.69) is 190 Å². The molecule has 25 nitrogen and oxygen atoms in total. The number of fused-ring (bicyclic) bond motifs is 15. The number of hydrogen-bond acceptors (Lipinski definition) is 20. The Balaban J connectivity index is 0.000000107. The maximum absolute atomic E-state index is 5.79. The molecule has 17 N–H and O–H groups in total. The van der Waals surface area contributed by atoms with Crippen molar-refractivity contribution in [1.29, 1.82) is 0 Å². The number of piperidine rings is 3. The Bertz CT molecular complexity index is 5150. The second-order valence-corrected chi connectivity index (χ2v) is 26.2. The molecular weight excluding hydrogens is 1260 g/mol. The molecule has 0 amide bonds. The number of benzene rings is 5. The fourth-order valence-electron chi connectivity index (χ4n) is 14.1. The number of rotatable bonds is 18. The van der Waals surface area contributed by atoms with Gasteiger partial charge in [0.15, 0.2) is 0 Å². The Morgan fingerprint density at radius 1 is 0.356 bits per heavy atom. The molecule has 0 atom stereocenters. The molecule has 25 heteroatoms. The van der Waals surface area contributed by atoms with E-state index >= 15 is 0 Å². The van der Waals surface area contributed by atoms with E-state index in [1.807, 2.05) is 42.5 Å². The third-order valence-corrected chi connectivity index (χ3v) is 19.5. The first-order valence-electron chi connectivity index (χ1n) is 35.8. The van der Waals surface area contributed by atoms with Gasteiger partial charge >= 0.3 is 0 Å². The lowest BCUT2D eigenvalue weighted by Crippen LogP contribution is -2.36. The Kier molecular flexibility index (Phi) is 22.0. The maximum atomic E-state index is 5.79. The highest BCUT2D eigenvalue weighted by molar-refractivity contribution is 6.14. The van der Waals surface area contributed by atoms with Crippen LogP contribution in [0.15, 0.2) is 153 Å². The first-order valence-corrected chi connectivity index (χ1v) is 35.8. The molecule has 0 unspecified atom stereocenters. The van der Waals surface area contributed by atoms with E-state index < -0.39 is 0 Å². The van der Waals surface area contributed by atoms with Gasteiger partial charge < -0.3 is 78.9 Å². The molecule has 0 spiro atoms. The van der Waals surface area contributed by atoms with Crippen molar-refractivity contribution in [3.63, 3.8) is 0 Å².